The molecular weight excluding hydrogens is 166 g/mol. The lowest BCUT2D eigenvalue weighted by atomic mass is 10.5. The minimum absolute atomic E-state index is 0.419. The van der Waals surface area contributed by atoms with E-state index in [-0.39, 0.29) is 0 Å². The molecule has 0 radical (unpaired) electrons. The summed E-state index contributed by atoms with van der Waals surface area (Å²) < 4.78 is 19.7. The molecule has 0 spiro atoms. The van der Waals surface area contributed by atoms with Crippen LogP contribution in [0, 0.1) is 0 Å². The molecule has 0 aliphatic rings. The van der Waals surface area contributed by atoms with Crippen LogP contribution in [0.25, 0.3) is 0 Å². The maximum Gasteiger partial charge on any atom is 0.228 e. The fraction of sp³-hybridized carbons (Fsp3) is 0.333. The van der Waals surface area contributed by atoms with E-state index in [1.807, 2.05) is 0 Å². The number of carbonyl (C=O) groups excluding carboxylic acids is 1. The topological polar surface area (TPSA) is 77.2 Å². The maximum atomic E-state index is 9.95. The number of carbonyl (C=O) groups is 1. The van der Waals surface area contributed by atoms with E-state index in [1.54, 1.807) is 0 Å². The summed E-state index contributed by atoms with van der Waals surface area (Å²) >= 11 is 4.80. The first-order chi connectivity index (χ1) is 4.04. The molecule has 4 nitrogen and oxygen atoms in total. The van der Waals surface area contributed by atoms with Crippen LogP contribution < -0.4 is 5.73 Å². The van der Waals surface area contributed by atoms with Gasteiger partial charge >= 0.3 is 0 Å². The molecule has 0 unspecified atom stereocenters. The second-order valence-corrected chi connectivity index (χ2v) is 2.65. The quantitative estimate of drug-likeness (QED) is 0.430. The van der Waals surface area contributed by atoms with Gasteiger partial charge in [0.05, 0.1) is 6.42 Å². The lowest BCUT2D eigenvalue weighted by molar-refractivity contribution is -0.110. The summed E-state index contributed by atoms with van der Waals surface area (Å²) in [6, 6.07) is 0. The molecule has 0 atom stereocenters. The zero-order valence-electron chi connectivity index (χ0n) is 4.30. The van der Waals surface area contributed by atoms with E-state index in [2.05, 4.69) is 0 Å². The summed E-state index contributed by atoms with van der Waals surface area (Å²) in [5.74, 6) is 0. The van der Waals surface area contributed by atoms with Crippen molar-refractivity contribution in [1.29, 1.82) is 0 Å². The van der Waals surface area contributed by atoms with Crippen LogP contribution in [0.15, 0.2) is 0 Å². The third-order valence-corrected chi connectivity index (χ3v) is 1.23. The lowest BCUT2D eigenvalue weighted by Crippen LogP contribution is -2.15. The van der Waals surface area contributed by atoms with Gasteiger partial charge in [-0.25, -0.2) is 0 Å². The van der Waals surface area contributed by atoms with E-state index in [9.17, 15) is 13.2 Å². The van der Waals surface area contributed by atoms with Crippen LogP contribution in [-0.4, -0.2) is 18.6 Å². The van der Waals surface area contributed by atoms with Crippen LogP contribution >= 0.6 is 11.6 Å². The Morgan fingerprint density at radius 3 is 2.11 bits per heavy atom. The number of nitrogens with two attached hydrogens (primary N) is 1. The zero-order chi connectivity index (χ0) is 7.44. The largest absolute Gasteiger partial charge is 0.293 e. The summed E-state index contributed by atoms with van der Waals surface area (Å²) in [6.45, 7) is 0. The van der Waals surface area contributed by atoms with Gasteiger partial charge in [0, 0.05) is 0 Å². The minimum Gasteiger partial charge on any atom is -0.293 e. The van der Waals surface area contributed by atoms with E-state index >= 15 is 0 Å². The molecule has 52 valence electrons. The van der Waals surface area contributed by atoms with Crippen molar-refractivity contribution in [3.05, 3.63) is 0 Å². The molecule has 0 aromatic rings. The van der Waals surface area contributed by atoms with Crippen LogP contribution in [0.2, 0.25) is 0 Å². The molecule has 0 aliphatic heterocycles. The number of hydrogen-bond acceptors (Lipinski definition) is 3. The molecule has 0 fully saturated rings. The Kier molecular flexibility index (Phi) is 3.44. The summed E-state index contributed by atoms with van der Waals surface area (Å²) in [5.41, 5.74) is 4.82. The first-order valence-corrected chi connectivity index (χ1v) is 3.38. The number of rotatable bonds is 2. The monoisotopic (exact) mass is 169 g/mol. The Morgan fingerprint density at radius 2 is 2.00 bits per heavy atom. The van der Waals surface area contributed by atoms with Crippen LogP contribution in [0.3, 0.4) is 0 Å². The Bertz CT molecular complexity index is 234. The highest BCUT2D eigenvalue weighted by Gasteiger charge is 1.99. The molecule has 0 saturated heterocycles. The molecule has 0 aromatic carbocycles. The SMILES string of the molecule is NC(CC(=O)Cl)=S(=O)=O. The Morgan fingerprint density at radius 1 is 1.56 bits per heavy atom. The van der Waals surface area contributed by atoms with Crippen molar-refractivity contribution in [2.24, 2.45) is 5.73 Å². The molecule has 2 N–H and O–H groups in total. The fourth-order valence-electron chi connectivity index (χ4n) is 0.196. The van der Waals surface area contributed by atoms with E-state index in [0.717, 1.165) is 0 Å². The van der Waals surface area contributed by atoms with Crippen LogP contribution in [0.1, 0.15) is 6.42 Å². The smallest absolute Gasteiger partial charge is 0.228 e. The van der Waals surface area contributed by atoms with Gasteiger partial charge in [0.1, 0.15) is 4.99 Å². The number of hydrogen-bond donors (Lipinski definition) is 1. The molecule has 6 heteroatoms. The van der Waals surface area contributed by atoms with E-state index in [4.69, 9.17) is 17.3 Å². The highest BCUT2D eigenvalue weighted by Crippen LogP contribution is 1.85. The van der Waals surface area contributed by atoms with Crippen molar-refractivity contribution in [2.45, 2.75) is 6.42 Å². The zero-order valence-corrected chi connectivity index (χ0v) is 5.87. The molecule has 0 saturated carbocycles. The number of halogens is 1. The second kappa shape index (κ2) is 3.60. The van der Waals surface area contributed by atoms with Crippen molar-refractivity contribution < 1.29 is 13.2 Å². The molecule has 0 heterocycles. The van der Waals surface area contributed by atoms with Gasteiger partial charge < -0.3 is 0 Å². The standard InChI is InChI=1S/C3H4ClNO3S/c4-2(6)1-3(5)9(7)8/h1,5H2. The molecule has 0 amide bonds. The Labute approximate surface area is 58.1 Å². The predicted molar refractivity (Wildman–Crippen MR) is 33.6 cm³/mol. The molecule has 0 aliphatic carbocycles. The average molecular weight is 170 g/mol. The molecular formula is C3H4ClNO3S. The predicted octanol–water partition coefficient (Wildman–Crippen LogP) is -0.890. The second-order valence-electron chi connectivity index (χ2n) is 1.23. The van der Waals surface area contributed by atoms with Gasteiger partial charge in [0.25, 0.3) is 0 Å². The van der Waals surface area contributed by atoms with E-state index in [1.165, 1.54) is 0 Å². The van der Waals surface area contributed by atoms with E-state index < -0.39 is 26.9 Å². The third-order valence-electron chi connectivity index (χ3n) is 0.527. The fourth-order valence-corrected chi connectivity index (χ4v) is 0.668. The van der Waals surface area contributed by atoms with Gasteiger partial charge in [-0.2, -0.15) is 8.42 Å². The third kappa shape index (κ3) is 4.14. The van der Waals surface area contributed by atoms with Crippen molar-refractivity contribution >= 4 is 32.1 Å². The van der Waals surface area contributed by atoms with Gasteiger partial charge in [-0.15, -0.1) is 0 Å². The van der Waals surface area contributed by atoms with Crippen molar-refractivity contribution in [2.75, 3.05) is 0 Å². The first-order valence-electron chi connectivity index (χ1n) is 1.93. The summed E-state index contributed by atoms with van der Waals surface area (Å²) in [7, 11) is -2.49. The highest BCUT2D eigenvalue weighted by molar-refractivity contribution is 7.72. The average Bonchev–Trinajstić information content (AvgIpc) is 1.63. The van der Waals surface area contributed by atoms with Gasteiger partial charge in [-0.3, -0.25) is 10.5 Å². The van der Waals surface area contributed by atoms with Gasteiger partial charge in [0.15, 0.2) is 0 Å². The minimum atomic E-state index is -2.49. The molecule has 0 aromatic heterocycles. The maximum absolute atomic E-state index is 9.95. The first kappa shape index (κ1) is 8.61. The van der Waals surface area contributed by atoms with Crippen molar-refractivity contribution in [3.63, 3.8) is 0 Å². The normalized spacial score (nSPS) is 8.67. The summed E-state index contributed by atoms with van der Waals surface area (Å²) in [5, 5.41) is -0.781. The molecule has 9 heavy (non-hydrogen) atoms. The van der Waals surface area contributed by atoms with Crippen LogP contribution in [0.5, 0.6) is 0 Å². The molecule has 0 rings (SSSR count). The van der Waals surface area contributed by atoms with Crippen LogP contribution in [-0.2, 0) is 15.1 Å². The summed E-state index contributed by atoms with van der Waals surface area (Å²) in [6.07, 6.45) is -0.419. The van der Waals surface area contributed by atoms with Crippen LogP contribution in [0.4, 0.5) is 0 Å². The van der Waals surface area contributed by atoms with Crippen molar-refractivity contribution in [1.82, 2.24) is 0 Å². The van der Waals surface area contributed by atoms with Gasteiger partial charge in [-0.05, 0) is 11.6 Å². The Hall–Kier alpha value is -0.390. The van der Waals surface area contributed by atoms with E-state index in [0.29, 0.717) is 0 Å². The Balaban J connectivity index is 4.28. The van der Waals surface area contributed by atoms with Crippen molar-refractivity contribution in [3.8, 4) is 0 Å². The summed E-state index contributed by atoms with van der Waals surface area (Å²) in [4.78, 5) is 9.51. The lowest BCUT2D eigenvalue weighted by Gasteiger charge is -1.83. The molecule has 0 bridgehead atoms. The highest BCUT2D eigenvalue weighted by atomic mass is 35.5. The van der Waals surface area contributed by atoms with Gasteiger partial charge in [0.2, 0.25) is 15.5 Å². The van der Waals surface area contributed by atoms with Gasteiger partial charge in [-0.1, -0.05) is 0 Å².